The van der Waals surface area contributed by atoms with Crippen LogP contribution in [-0.2, 0) is 15.8 Å². The second-order valence-corrected chi connectivity index (χ2v) is 11.9. The number of fused-ring (bicyclic) bond motifs is 2. The van der Waals surface area contributed by atoms with Crippen LogP contribution in [0.25, 0.3) is 22.2 Å². The zero-order chi connectivity index (χ0) is 33.2. The summed E-state index contributed by atoms with van der Waals surface area (Å²) in [7, 11) is 1.35. The van der Waals surface area contributed by atoms with Crippen LogP contribution in [0.15, 0.2) is 48.5 Å². The minimum absolute atomic E-state index is 0.0142. The third-order valence-electron chi connectivity index (χ3n) is 8.62. The number of nitrogens with zero attached hydrogens (tertiary/aromatic N) is 2. The van der Waals surface area contributed by atoms with Crippen LogP contribution in [0.5, 0.6) is 11.5 Å². The van der Waals surface area contributed by atoms with Gasteiger partial charge in [0.25, 0.3) is 5.91 Å². The lowest BCUT2D eigenvalue weighted by atomic mass is 9.76. The van der Waals surface area contributed by atoms with Crippen molar-refractivity contribution in [3.05, 3.63) is 81.9 Å². The molecule has 4 N–H and O–H groups in total. The number of aromatic nitrogens is 2. The molecule has 0 spiro atoms. The average Bonchev–Trinajstić information content (AvgIpc) is 3.79. The SMILES string of the molecule is COc1cc(C(=O)NC[C@](O)(c2cc3c(c(-c4ccc(F)cc4)n2)OC[C@]3(C(N)=O)C2CC2)C(F)(F)F)cc2cc(Cl)c(C)nc12. The van der Waals surface area contributed by atoms with Gasteiger partial charge in [0, 0.05) is 22.1 Å². The van der Waals surface area contributed by atoms with E-state index >= 15 is 0 Å². The molecule has 2 amide bonds. The first-order valence-corrected chi connectivity index (χ1v) is 14.5. The first-order chi connectivity index (χ1) is 21.7. The van der Waals surface area contributed by atoms with Crippen LogP contribution in [0, 0.1) is 18.7 Å². The maximum absolute atomic E-state index is 14.9. The molecule has 0 unspecified atom stereocenters. The molecule has 2 aromatic carbocycles. The smallest absolute Gasteiger partial charge is 0.424 e. The number of carbonyl (C=O) groups excluding carboxylic acids is 2. The Morgan fingerprint density at radius 2 is 1.85 bits per heavy atom. The first-order valence-electron chi connectivity index (χ1n) is 14.2. The predicted octanol–water partition coefficient (Wildman–Crippen LogP) is 5.11. The Bertz CT molecular complexity index is 1900. The van der Waals surface area contributed by atoms with Crippen molar-refractivity contribution in [2.24, 2.45) is 11.7 Å². The number of nitrogens with one attached hydrogen (secondary N) is 1. The normalized spacial score (nSPS) is 18.9. The van der Waals surface area contributed by atoms with E-state index in [2.05, 4.69) is 15.3 Å². The molecule has 1 saturated carbocycles. The van der Waals surface area contributed by atoms with E-state index in [4.69, 9.17) is 26.8 Å². The van der Waals surface area contributed by atoms with Crippen LogP contribution in [0.1, 0.15) is 40.2 Å². The highest BCUT2D eigenvalue weighted by Crippen LogP contribution is 2.56. The minimum Gasteiger partial charge on any atom is -0.494 e. The summed E-state index contributed by atoms with van der Waals surface area (Å²) in [6, 6.07) is 9.95. The van der Waals surface area contributed by atoms with Gasteiger partial charge in [-0.3, -0.25) is 9.59 Å². The number of alkyl halides is 3. The lowest BCUT2D eigenvalue weighted by Gasteiger charge is -2.32. The van der Waals surface area contributed by atoms with Gasteiger partial charge < -0.3 is 25.6 Å². The number of pyridine rings is 2. The van der Waals surface area contributed by atoms with Crippen LogP contribution in [0.4, 0.5) is 17.6 Å². The number of aryl methyl sites for hydroxylation is 1. The van der Waals surface area contributed by atoms with E-state index in [1.807, 2.05) is 0 Å². The number of hydrogen-bond donors (Lipinski definition) is 3. The van der Waals surface area contributed by atoms with Gasteiger partial charge in [-0.05, 0) is 74.2 Å². The van der Waals surface area contributed by atoms with E-state index in [9.17, 15) is 32.3 Å². The maximum atomic E-state index is 14.9. The predicted molar refractivity (Wildman–Crippen MR) is 159 cm³/mol. The number of carbonyl (C=O) groups is 2. The van der Waals surface area contributed by atoms with E-state index in [1.165, 1.54) is 31.4 Å². The summed E-state index contributed by atoms with van der Waals surface area (Å²) in [6.45, 7) is 0.0919. The molecular formula is C32H27ClF4N4O5. The molecule has 46 heavy (non-hydrogen) atoms. The standard InChI is InChI=1S/C32H27ClF4N4O5/c1-15-22(33)10-17-9-18(11-23(45-2)25(17)40-15)28(42)39-13-31(44,32(35,36)37)24-12-21-27(26(41-24)16-3-7-20(34)8-4-16)46-14-30(21,29(38)43)19-5-6-19/h3-4,7-12,19,44H,5-6,13-14H2,1-2H3,(H2,38,43)(H,39,42)/t30-,31-/m0/s1. The van der Waals surface area contributed by atoms with Gasteiger partial charge in [0.1, 0.15) is 40.5 Å². The summed E-state index contributed by atoms with van der Waals surface area (Å²) in [5, 5.41) is 14.3. The van der Waals surface area contributed by atoms with E-state index in [-0.39, 0.29) is 46.4 Å². The molecule has 14 heteroatoms. The molecule has 240 valence electrons. The molecule has 1 fully saturated rings. The fourth-order valence-electron chi connectivity index (χ4n) is 5.86. The third kappa shape index (κ3) is 5.07. The van der Waals surface area contributed by atoms with Crippen LogP contribution >= 0.6 is 11.6 Å². The van der Waals surface area contributed by atoms with Crippen molar-refractivity contribution in [2.45, 2.75) is 37.0 Å². The average molecular weight is 659 g/mol. The molecule has 3 heterocycles. The number of hydrogen-bond acceptors (Lipinski definition) is 7. The van der Waals surface area contributed by atoms with Gasteiger partial charge in [-0.25, -0.2) is 14.4 Å². The summed E-state index contributed by atoms with van der Waals surface area (Å²) >= 11 is 6.20. The Hall–Kier alpha value is -4.49. The number of amides is 2. The summed E-state index contributed by atoms with van der Waals surface area (Å²) < 4.78 is 69.6. The van der Waals surface area contributed by atoms with Gasteiger partial charge in [0.05, 0.1) is 30.1 Å². The molecule has 1 aliphatic heterocycles. The quantitative estimate of drug-likeness (QED) is 0.224. The Kier molecular flexibility index (Phi) is 7.59. The largest absolute Gasteiger partial charge is 0.494 e. The number of aliphatic hydroxyl groups is 1. The number of halogens is 5. The molecule has 0 bridgehead atoms. The molecule has 2 aromatic heterocycles. The van der Waals surface area contributed by atoms with Crippen molar-refractivity contribution in [3.63, 3.8) is 0 Å². The highest BCUT2D eigenvalue weighted by Gasteiger charge is 2.60. The molecule has 4 aromatic rings. The Balaban J connectivity index is 1.44. The molecule has 9 nitrogen and oxygen atoms in total. The van der Waals surface area contributed by atoms with E-state index in [0.29, 0.717) is 34.5 Å². The summed E-state index contributed by atoms with van der Waals surface area (Å²) in [6.07, 6.45) is -4.19. The van der Waals surface area contributed by atoms with Gasteiger partial charge in [-0.1, -0.05) is 11.6 Å². The van der Waals surface area contributed by atoms with Gasteiger partial charge >= 0.3 is 6.18 Å². The van der Waals surface area contributed by atoms with Crippen molar-refractivity contribution >= 4 is 34.3 Å². The number of nitrogens with two attached hydrogens (primary N) is 1. The van der Waals surface area contributed by atoms with Crippen molar-refractivity contribution in [2.75, 3.05) is 20.3 Å². The molecular weight excluding hydrogens is 632 g/mol. The second kappa shape index (κ2) is 11.1. The summed E-state index contributed by atoms with van der Waals surface area (Å²) in [4.78, 5) is 34.7. The number of methoxy groups -OCH3 is 1. The van der Waals surface area contributed by atoms with Crippen molar-refractivity contribution in [3.8, 4) is 22.8 Å². The van der Waals surface area contributed by atoms with E-state index in [1.54, 1.807) is 13.0 Å². The zero-order valence-electron chi connectivity index (χ0n) is 24.5. The Labute approximate surface area is 264 Å². The molecule has 6 rings (SSSR count). The maximum Gasteiger partial charge on any atom is 0.424 e. The Morgan fingerprint density at radius 1 is 1.15 bits per heavy atom. The number of ether oxygens (including phenoxy) is 2. The lowest BCUT2D eigenvalue weighted by molar-refractivity contribution is -0.265. The van der Waals surface area contributed by atoms with Crippen molar-refractivity contribution in [1.82, 2.24) is 15.3 Å². The molecule has 1 aliphatic carbocycles. The van der Waals surface area contributed by atoms with Crippen molar-refractivity contribution < 1.29 is 41.7 Å². The minimum atomic E-state index is -5.37. The van der Waals surface area contributed by atoms with Gasteiger partial charge in [0.2, 0.25) is 11.5 Å². The van der Waals surface area contributed by atoms with Crippen LogP contribution in [0.2, 0.25) is 5.02 Å². The molecule has 2 atom stereocenters. The zero-order valence-corrected chi connectivity index (χ0v) is 25.2. The second-order valence-electron chi connectivity index (χ2n) is 11.5. The van der Waals surface area contributed by atoms with Gasteiger partial charge in [-0.15, -0.1) is 0 Å². The number of rotatable bonds is 8. The summed E-state index contributed by atoms with van der Waals surface area (Å²) in [5.74, 6) is -2.46. The number of benzene rings is 2. The van der Waals surface area contributed by atoms with Crippen molar-refractivity contribution in [1.29, 1.82) is 0 Å². The van der Waals surface area contributed by atoms with E-state index in [0.717, 1.165) is 18.2 Å². The monoisotopic (exact) mass is 658 g/mol. The van der Waals surface area contributed by atoms with Crippen LogP contribution in [0.3, 0.4) is 0 Å². The van der Waals surface area contributed by atoms with Gasteiger partial charge in [-0.2, -0.15) is 13.2 Å². The summed E-state index contributed by atoms with van der Waals surface area (Å²) in [5.41, 5.74) is 0.598. The highest BCUT2D eigenvalue weighted by atomic mass is 35.5. The van der Waals surface area contributed by atoms with Gasteiger partial charge in [0.15, 0.2) is 0 Å². The van der Waals surface area contributed by atoms with Crippen LogP contribution in [-0.4, -0.2) is 53.3 Å². The molecule has 2 aliphatic rings. The highest BCUT2D eigenvalue weighted by molar-refractivity contribution is 6.31. The third-order valence-corrected chi connectivity index (χ3v) is 9.00. The molecule has 0 saturated heterocycles. The fourth-order valence-corrected chi connectivity index (χ4v) is 6.02. The number of primary amides is 1. The van der Waals surface area contributed by atoms with Crippen LogP contribution < -0.4 is 20.5 Å². The first kappa shape index (κ1) is 31.5. The molecule has 0 radical (unpaired) electrons. The fraction of sp³-hybridized carbons (Fsp3) is 0.312. The van der Waals surface area contributed by atoms with E-state index < -0.39 is 47.1 Å². The topological polar surface area (TPSA) is 137 Å². The lowest BCUT2D eigenvalue weighted by Crippen LogP contribution is -2.52. The Morgan fingerprint density at radius 3 is 2.46 bits per heavy atom.